The zero-order valence-electron chi connectivity index (χ0n) is 27.7. The number of hydrogen-bond acceptors (Lipinski definition) is 8. The molecule has 49 heavy (non-hydrogen) atoms. The summed E-state index contributed by atoms with van der Waals surface area (Å²) in [5, 5.41) is 0. The number of oxazole rings is 2. The largest absolute Gasteiger partial charge is 0.458 e. The van der Waals surface area contributed by atoms with Gasteiger partial charge in [0.2, 0.25) is 0 Å². The number of nitrogens with zero attached hydrogens (tertiary/aromatic N) is 6. The number of ether oxygens (including phenoxy) is 2. The average Bonchev–Trinajstić information content (AvgIpc) is 3.78. The van der Waals surface area contributed by atoms with Gasteiger partial charge in [0.15, 0.2) is 22.5 Å². The van der Waals surface area contributed by atoms with E-state index in [9.17, 15) is 0 Å². The van der Waals surface area contributed by atoms with E-state index < -0.39 is 0 Å². The second kappa shape index (κ2) is 8.60. The van der Waals surface area contributed by atoms with Crippen LogP contribution in [0.3, 0.4) is 0 Å². The molecule has 0 saturated heterocycles. The first-order valence-electron chi connectivity index (χ1n) is 16.5. The van der Waals surface area contributed by atoms with Crippen molar-refractivity contribution in [2.24, 2.45) is 0 Å². The number of benzene rings is 3. The molecular weight excluding hydrogens is 615 g/mol. The smallest absolute Gasteiger partial charge is 0.309 e. The van der Waals surface area contributed by atoms with Gasteiger partial charge in [0, 0.05) is 30.0 Å². The molecule has 0 atom stereocenters. The molecule has 0 saturated carbocycles. The number of imidazole rings is 2. The summed E-state index contributed by atoms with van der Waals surface area (Å²) in [6, 6.07) is 18.3. The summed E-state index contributed by atoms with van der Waals surface area (Å²) < 4.78 is 29.9. The van der Waals surface area contributed by atoms with E-state index in [-0.39, 0.29) is 17.5 Å². The molecule has 0 fully saturated rings. The standard InChI is InChI=1S/C38H29BN6O4/c1-37(2,3)18-10-12-40-33-31(18)42-35-44(33)22-14-20-26(16-28(22)48-35)46-24-8-7-9-25-30(24)39(20)21-15-23-29(17-27(21)47-25)49-36-43-32-19(38(4,5)6)11-13-41-34(32)45(23)36/h7-17H,1-6H3. The van der Waals surface area contributed by atoms with Gasteiger partial charge in [-0.3, -0.25) is 0 Å². The lowest BCUT2D eigenvalue weighted by molar-refractivity contribution is 0.464. The molecule has 8 heterocycles. The van der Waals surface area contributed by atoms with Crippen LogP contribution < -0.4 is 25.9 Å². The molecule has 0 aliphatic carbocycles. The number of hydrogen-bond donors (Lipinski definition) is 0. The normalized spacial score (nSPS) is 14.2. The number of fused-ring (bicyclic) bond motifs is 14. The van der Waals surface area contributed by atoms with Crippen molar-refractivity contribution in [3.05, 3.63) is 78.1 Å². The third kappa shape index (κ3) is 3.46. The van der Waals surface area contributed by atoms with Crippen molar-refractivity contribution in [2.45, 2.75) is 52.4 Å². The summed E-state index contributed by atoms with van der Waals surface area (Å²) >= 11 is 0. The average molecular weight is 644 g/mol. The highest BCUT2D eigenvalue weighted by Gasteiger charge is 2.41. The van der Waals surface area contributed by atoms with E-state index in [0.717, 1.165) is 83.9 Å². The van der Waals surface area contributed by atoms with E-state index in [1.54, 1.807) is 0 Å². The molecule has 3 aromatic carbocycles. The van der Waals surface area contributed by atoms with Gasteiger partial charge in [0.05, 0.1) is 11.0 Å². The summed E-state index contributed by atoms with van der Waals surface area (Å²) in [5.41, 5.74) is 11.3. The van der Waals surface area contributed by atoms with Crippen molar-refractivity contribution in [1.82, 2.24) is 28.7 Å². The molecular formula is C38H29BN6O4. The minimum Gasteiger partial charge on any atom is -0.458 e. The first-order valence-corrected chi connectivity index (χ1v) is 16.5. The van der Waals surface area contributed by atoms with Crippen LogP contribution in [-0.2, 0) is 10.8 Å². The Kier molecular flexibility index (Phi) is 4.76. The Labute approximate surface area is 279 Å². The second-order valence-electron chi connectivity index (χ2n) is 15.2. The topological polar surface area (TPSA) is 105 Å². The maximum Gasteiger partial charge on any atom is 0.309 e. The minimum absolute atomic E-state index is 0.108. The molecule has 11 heteroatoms. The Morgan fingerprint density at radius 3 is 1.51 bits per heavy atom. The maximum absolute atomic E-state index is 6.58. The monoisotopic (exact) mass is 644 g/mol. The Hall–Kier alpha value is -5.84. The molecule has 6 aromatic heterocycles. The predicted octanol–water partition coefficient (Wildman–Crippen LogP) is 6.89. The molecule has 0 radical (unpaired) electrons. The van der Waals surface area contributed by atoms with Crippen LogP contribution >= 0.6 is 0 Å². The van der Waals surface area contributed by atoms with Crippen LogP contribution in [0, 0.1) is 0 Å². The third-order valence-electron chi connectivity index (χ3n) is 10.1. The fourth-order valence-corrected chi connectivity index (χ4v) is 7.86. The molecule has 2 aliphatic rings. The fourth-order valence-electron chi connectivity index (χ4n) is 7.86. The van der Waals surface area contributed by atoms with Gasteiger partial charge in [-0.25, -0.2) is 18.8 Å². The van der Waals surface area contributed by atoms with Gasteiger partial charge in [-0.1, -0.05) is 47.6 Å². The molecule has 0 N–H and O–H groups in total. The molecule has 10 nitrogen and oxygen atoms in total. The molecule has 238 valence electrons. The minimum atomic E-state index is -0.192. The second-order valence-corrected chi connectivity index (χ2v) is 15.2. The SMILES string of the molecule is CC(C)(C)c1ccnc2c1nc1oc3cc4c(cc3n12)B1c2cc3c(cc2Oc2cccc(c21)O4)oc1nc2c(C(C)(C)C)ccnc2n13. The number of aromatic nitrogens is 6. The van der Waals surface area contributed by atoms with Gasteiger partial charge >= 0.3 is 11.7 Å². The van der Waals surface area contributed by atoms with Crippen molar-refractivity contribution >= 4 is 79.3 Å². The molecule has 11 rings (SSSR count). The van der Waals surface area contributed by atoms with Crippen LogP contribution in [0.15, 0.2) is 75.8 Å². The quantitative estimate of drug-likeness (QED) is 0.164. The number of rotatable bonds is 0. The maximum atomic E-state index is 6.58. The Morgan fingerprint density at radius 2 is 1.06 bits per heavy atom. The first kappa shape index (κ1) is 27.2. The molecule has 0 unspecified atom stereocenters. The van der Waals surface area contributed by atoms with Gasteiger partial charge in [0.1, 0.15) is 34.0 Å². The van der Waals surface area contributed by atoms with Gasteiger partial charge in [0.25, 0.3) is 6.71 Å². The van der Waals surface area contributed by atoms with Crippen LogP contribution in [0.4, 0.5) is 0 Å². The lowest BCUT2D eigenvalue weighted by Crippen LogP contribution is -2.57. The molecule has 9 aromatic rings. The van der Waals surface area contributed by atoms with E-state index in [1.807, 2.05) is 63.7 Å². The first-order chi connectivity index (χ1) is 23.5. The van der Waals surface area contributed by atoms with Gasteiger partial charge in [-0.2, -0.15) is 9.97 Å². The predicted molar refractivity (Wildman–Crippen MR) is 189 cm³/mol. The van der Waals surface area contributed by atoms with Crippen molar-refractivity contribution in [2.75, 3.05) is 0 Å². The van der Waals surface area contributed by atoms with E-state index >= 15 is 0 Å². The summed E-state index contributed by atoms with van der Waals surface area (Å²) in [6.07, 6.45) is 3.70. The zero-order valence-corrected chi connectivity index (χ0v) is 27.7. The molecule has 0 amide bonds. The van der Waals surface area contributed by atoms with E-state index in [0.29, 0.717) is 22.9 Å². The van der Waals surface area contributed by atoms with Crippen LogP contribution in [0.1, 0.15) is 52.7 Å². The molecule has 2 aliphatic heterocycles. The van der Waals surface area contributed by atoms with E-state index in [4.69, 9.17) is 38.2 Å². The highest BCUT2D eigenvalue weighted by Crippen LogP contribution is 2.39. The fraction of sp³-hybridized carbons (Fsp3) is 0.211. The van der Waals surface area contributed by atoms with Crippen LogP contribution in [0.5, 0.6) is 23.0 Å². The summed E-state index contributed by atoms with van der Waals surface area (Å²) in [7, 11) is 0. The summed E-state index contributed by atoms with van der Waals surface area (Å²) in [5.74, 6) is 3.95. The Morgan fingerprint density at radius 1 is 0.592 bits per heavy atom. The van der Waals surface area contributed by atoms with Crippen LogP contribution in [0.25, 0.3) is 56.2 Å². The lowest BCUT2D eigenvalue weighted by Gasteiger charge is -2.32. The van der Waals surface area contributed by atoms with E-state index in [2.05, 4.69) is 53.7 Å². The molecule has 0 bridgehead atoms. The van der Waals surface area contributed by atoms with Crippen molar-refractivity contribution in [3.63, 3.8) is 0 Å². The Balaban J connectivity index is 1.19. The van der Waals surface area contributed by atoms with E-state index in [1.165, 1.54) is 0 Å². The number of pyridine rings is 2. The Bertz CT molecular complexity index is 2740. The van der Waals surface area contributed by atoms with Crippen LogP contribution in [-0.4, -0.2) is 35.5 Å². The van der Waals surface area contributed by atoms with Crippen molar-refractivity contribution in [3.8, 4) is 23.0 Å². The van der Waals surface area contributed by atoms with Crippen molar-refractivity contribution in [1.29, 1.82) is 0 Å². The highest BCUT2D eigenvalue weighted by atomic mass is 16.5. The van der Waals surface area contributed by atoms with Crippen LogP contribution in [0.2, 0.25) is 0 Å². The third-order valence-corrected chi connectivity index (χ3v) is 10.1. The van der Waals surface area contributed by atoms with Gasteiger partial charge < -0.3 is 18.3 Å². The summed E-state index contributed by atoms with van der Waals surface area (Å²) in [6.45, 7) is 12.9. The molecule has 0 spiro atoms. The highest BCUT2D eigenvalue weighted by molar-refractivity contribution is 6.98. The lowest BCUT2D eigenvalue weighted by atomic mass is 9.35. The summed E-state index contributed by atoms with van der Waals surface area (Å²) in [4.78, 5) is 19.4. The zero-order chi connectivity index (χ0) is 33.1. The van der Waals surface area contributed by atoms with Crippen molar-refractivity contribution < 1.29 is 18.3 Å². The van der Waals surface area contributed by atoms with Gasteiger partial charge in [-0.05, 0) is 69.3 Å². The van der Waals surface area contributed by atoms with Gasteiger partial charge in [-0.15, -0.1) is 0 Å².